The summed E-state index contributed by atoms with van der Waals surface area (Å²) in [6, 6.07) is 16.5. The van der Waals surface area contributed by atoms with E-state index in [1.807, 2.05) is 49.4 Å². The van der Waals surface area contributed by atoms with Gasteiger partial charge in [0.15, 0.2) is 0 Å². The van der Waals surface area contributed by atoms with Crippen LogP contribution < -0.4 is 15.6 Å². The minimum absolute atomic E-state index is 0.00836. The van der Waals surface area contributed by atoms with Crippen LogP contribution in [0, 0.1) is 10.1 Å². The van der Waals surface area contributed by atoms with Crippen molar-refractivity contribution >= 4 is 17.2 Å². The van der Waals surface area contributed by atoms with Crippen LogP contribution in [0.2, 0.25) is 0 Å². The summed E-state index contributed by atoms with van der Waals surface area (Å²) in [7, 11) is 0. The van der Waals surface area contributed by atoms with Crippen molar-refractivity contribution in [1.82, 2.24) is 9.97 Å². The molecule has 1 aromatic heterocycles. The fourth-order valence-corrected chi connectivity index (χ4v) is 2.25. The predicted octanol–water partition coefficient (Wildman–Crippen LogP) is 4.18. The van der Waals surface area contributed by atoms with Crippen LogP contribution in [0.3, 0.4) is 0 Å². The van der Waals surface area contributed by atoms with Crippen LogP contribution in [-0.2, 0) is 6.42 Å². The highest BCUT2D eigenvalue weighted by Gasteiger charge is 2.25. The van der Waals surface area contributed by atoms with Gasteiger partial charge in [0.1, 0.15) is 12.1 Å². The normalized spacial score (nSPS) is 10.2. The molecule has 1 heterocycles. The molecule has 8 nitrogen and oxygen atoms in total. The number of nitrogens with zero attached hydrogens (tertiary/aromatic N) is 3. The van der Waals surface area contributed by atoms with E-state index in [2.05, 4.69) is 20.8 Å². The summed E-state index contributed by atoms with van der Waals surface area (Å²) in [5.41, 5.74) is 7.12. The third-order valence-electron chi connectivity index (χ3n) is 3.62. The second-order valence-corrected chi connectivity index (χ2v) is 5.35. The van der Waals surface area contributed by atoms with Gasteiger partial charge in [0.05, 0.1) is 10.6 Å². The van der Waals surface area contributed by atoms with Crippen LogP contribution in [0.4, 0.5) is 17.2 Å². The van der Waals surface area contributed by atoms with Crippen molar-refractivity contribution in [2.45, 2.75) is 13.3 Å². The number of rotatable bonds is 7. The van der Waals surface area contributed by atoms with Gasteiger partial charge in [-0.3, -0.25) is 21.0 Å². The van der Waals surface area contributed by atoms with Crippen molar-refractivity contribution in [3.63, 3.8) is 0 Å². The fraction of sp³-hybridized carbons (Fsp3) is 0.111. The van der Waals surface area contributed by atoms with Crippen molar-refractivity contribution < 1.29 is 9.66 Å². The molecule has 0 saturated heterocycles. The Hall–Kier alpha value is -3.68. The topological polar surface area (TPSA) is 102 Å². The number of aromatic nitrogens is 2. The van der Waals surface area contributed by atoms with Gasteiger partial charge in [-0.15, -0.1) is 0 Å². The number of hydrazine groups is 1. The lowest BCUT2D eigenvalue weighted by Gasteiger charge is -2.11. The van der Waals surface area contributed by atoms with Crippen LogP contribution in [0.25, 0.3) is 0 Å². The van der Waals surface area contributed by atoms with E-state index >= 15 is 0 Å². The molecule has 0 unspecified atom stereocenters. The number of hydrogen-bond acceptors (Lipinski definition) is 7. The molecule has 132 valence electrons. The Labute approximate surface area is 150 Å². The van der Waals surface area contributed by atoms with Gasteiger partial charge in [-0.05, 0) is 36.2 Å². The van der Waals surface area contributed by atoms with Crippen molar-refractivity contribution in [2.24, 2.45) is 0 Å². The van der Waals surface area contributed by atoms with Gasteiger partial charge in [-0.2, -0.15) is 4.98 Å². The molecule has 0 amide bonds. The highest BCUT2D eigenvalue weighted by atomic mass is 16.6. The van der Waals surface area contributed by atoms with Crippen molar-refractivity contribution in [3.8, 4) is 11.6 Å². The number of nitro groups is 1. The van der Waals surface area contributed by atoms with E-state index in [1.165, 1.54) is 6.33 Å². The lowest BCUT2D eigenvalue weighted by molar-refractivity contribution is -0.385. The standard InChI is InChI=1S/C18H17N5O3/c1-2-13-8-10-15(11-9-13)26-18-16(23(24)25)17(19-12-20-18)22-21-14-6-4-3-5-7-14/h3-12,21H,2H2,1H3,(H,19,20,22). The first-order valence-electron chi connectivity index (χ1n) is 8.00. The Kier molecular flexibility index (Phi) is 5.23. The highest BCUT2D eigenvalue weighted by Crippen LogP contribution is 2.34. The zero-order valence-electron chi connectivity index (χ0n) is 14.0. The third-order valence-corrected chi connectivity index (χ3v) is 3.62. The number of aryl methyl sites for hydroxylation is 1. The van der Waals surface area contributed by atoms with E-state index in [1.54, 1.807) is 12.1 Å². The van der Waals surface area contributed by atoms with E-state index < -0.39 is 4.92 Å². The zero-order valence-corrected chi connectivity index (χ0v) is 14.0. The van der Waals surface area contributed by atoms with Gasteiger partial charge in [0.25, 0.3) is 0 Å². The van der Waals surface area contributed by atoms with Gasteiger partial charge < -0.3 is 4.74 Å². The molecule has 0 aliphatic rings. The summed E-state index contributed by atoms with van der Waals surface area (Å²) < 4.78 is 5.60. The molecule has 0 saturated carbocycles. The van der Waals surface area contributed by atoms with Gasteiger partial charge in [-0.25, -0.2) is 4.98 Å². The monoisotopic (exact) mass is 351 g/mol. The molecular weight excluding hydrogens is 334 g/mol. The summed E-state index contributed by atoms with van der Waals surface area (Å²) in [6.45, 7) is 2.04. The molecule has 0 aliphatic carbocycles. The molecule has 26 heavy (non-hydrogen) atoms. The molecule has 0 atom stereocenters. The fourth-order valence-electron chi connectivity index (χ4n) is 2.25. The minimum atomic E-state index is -0.579. The first-order valence-corrected chi connectivity index (χ1v) is 8.00. The van der Waals surface area contributed by atoms with Gasteiger partial charge in [0, 0.05) is 0 Å². The molecule has 2 N–H and O–H groups in total. The molecule has 3 rings (SSSR count). The minimum Gasteiger partial charge on any atom is -0.434 e. The third kappa shape index (κ3) is 4.04. The Morgan fingerprint density at radius 2 is 1.77 bits per heavy atom. The number of para-hydroxylation sites is 1. The summed E-state index contributed by atoms with van der Waals surface area (Å²) in [4.78, 5) is 18.8. The van der Waals surface area contributed by atoms with Gasteiger partial charge in [0.2, 0.25) is 5.82 Å². The number of benzene rings is 2. The van der Waals surface area contributed by atoms with Crippen LogP contribution in [0.5, 0.6) is 11.6 Å². The first kappa shape index (κ1) is 17.2. The van der Waals surface area contributed by atoms with E-state index in [-0.39, 0.29) is 17.4 Å². The molecule has 0 bridgehead atoms. The van der Waals surface area contributed by atoms with Gasteiger partial charge >= 0.3 is 11.6 Å². The van der Waals surface area contributed by atoms with Crippen LogP contribution in [0.15, 0.2) is 60.9 Å². The maximum atomic E-state index is 11.5. The van der Waals surface area contributed by atoms with Crippen molar-refractivity contribution in [2.75, 3.05) is 10.9 Å². The summed E-state index contributed by atoms with van der Waals surface area (Å²) in [5, 5.41) is 11.5. The molecular formula is C18H17N5O3. The number of ether oxygens (including phenoxy) is 1. The summed E-state index contributed by atoms with van der Waals surface area (Å²) >= 11 is 0. The van der Waals surface area contributed by atoms with E-state index in [4.69, 9.17) is 4.74 Å². The van der Waals surface area contributed by atoms with E-state index in [0.29, 0.717) is 5.75 Å². The second kappa shape index (κ2) is 7.93. The van der Waals surface area contributed by atoms with Crippen molar-refractivity contribution in [3.05, 3.63) is 76.6 Å². The number of anilines is 2. The molecule has 0 fully saturated rings. The lowest BCUT2D eigenvalue weighted by Crippen LogP contribution is -2.12. The predicted molar refractivity (Wildman–Crippen MR) is 98.3 cm³/mol. The molecule has 0 radical (unpaired) electrons. The zero-order chi connectivity index (χ0) is 18.4. The number of hydrogen-bond donors (Lipinski definition) is 2. The molecule has 0 spiro atoms. The van der Waals surface area contributed by atoms with E-state index in [0.717, 1.165) is 17.7 Å². The maximum Gasteiger partial charge on any atom is 0.374 e. The second-order valence-electron chi connectivity index (χ2n) is 5.35. The molecule has 3 aromatic rings. The molecule has 2 aromatic carbocycles. The Bertz CT molecular complexity index is 885. The molecule has 0 aliphatic heterocycles. The lowest BCUT2D eigenvalue weighted by atomic mass is 10.2. The smallest absolute Gasteiger partial charge is 0.374 e. The largest absolute Gasteiger partial charge is 0.434 e. The Morgan fingerprint density at radius 1 is 1.04 bits per heavy atom. The van der Waals surface area contributed by atoms with E-state index in [9.17, 15) is 10.1 Å². The van der Waals surface area contributed by atoms with Crippen LogP contribution >= 0.6 is 0 Å². The maximum absolute atomic E-state index is 11.5. The summed E-state index contributed by atoms with van der Waals surface area (Å²) in [6.07, 6.45) is 2.10. The van der Waals surface area contributed by atoms with Gasteiger partial charge in [-0.1, -0.05) is 37.3 Å². The van der Waals surface area contributed by atoms with Crippen LogP contribution in [-0.4, -0.2) is 14.9 Å². The molecule has 8 heteroatoms. The van der Waals surface area contributed by atoms with Crippen molar-refractivity contribution in [1.29, 1.82) is 0 Å². The van der Waals surface area contributed by atoms with Crippen LogP contribution in [0.1, 0.15) is 12.5 Å². The Balaban J connectivity index is 1.84. The number of nitrogens with one attached hydrogen (secondary N) is 2. The Morgan fingerprint density at radius 3 is 2.42 bits per heavy atom. The summed E-state index contributed by atoms with van der Waals surface area (Å²) in [5.74, 6) is 0.339. The highest BCUT2D eigenvalue weighted by molar-refractivity contribution is 5.64. The average molecular weight is 351 g/mol. The average Bonchev–Trinajstić information content (AvgIpc) is 2.67. The quantitative estimate of drug-likeness (QED) is 0.486. The SMILES string of the molecule is CCc1ccc(Oc2ncnc(NNc3ccccc3)c2[N+](=O)[O-])cc1. The first-order chi connectivity index (χ1) is 12.7.